The predicted octanol–water partition coefficient (Wildman–Crippen LogP) is 11.7. The largest absolute Gasteiger partial charge is 0.465 e. The van der Waals surface area contributed by atoms with Crippen molar-refractivity contribution in [2.75, 3.05) is 19.0 Å². The van der Waals surface area contributed by atoms with Crippen LogP contribution in [0.4, 0.5) is 0 Å². The molecule has 4 nitrogen and oxygen atoms in total. The zero-order chi connectivity index (χ0) is 32.3. The van der Waals surface area contributed by atoms with Crippen molar-refractivity contribution >= 4 is 51.2 Å². The molecule has 0 spiro atoms. The summed E-state index contributed by atoms with van der Waals surface area (Å²) < 4.78 is 11.8. The van der Waals surface area contributed by atoms with Crippen molar-refractivity contribution in [1.82, 2.24) is 0 Å². The van der Waals surface area contributed by atoms with Crippen molar-refractivity contribution in [3.63, 3.8) is 0 Å². The van der Waals surface area contributed by atoms with E-state index in [4.69, 9.17) is 21.7 Å². The molecule has 0 fully saturated rings. The van der Waals surface area contributed by atoms with E-state index >= 15 is 0 Å². The molecule has 0 aliphatic carbocycles. The molecule has 1 unspecified atom stereocenters. The molecular weight excluding hydrogens is 593 g/mol. The van der Waals surface area contributed by atoms with Gasteiger partial charge in [0, 0.05) is 6.08 Å². The minimum Gasteiger partial charge on any atom is -0.465 e. The van der Waals surface area contributed by atoms with E-state index in [0.717, 1.165) is 65.4 Å². The highest BCUT2D eigenvalue weighted by molar-refractivity contribution is 8.47. The summed E-state index contributed by atoms with van der Waals surface area (Å²) in [5.41, 5.74) is 2.00. The van der Waals surface area contributed by atoms with Crippen LogP contribution in [0.2, 0.25) is 0 Å². The van der Waals surface area contributed by atoms with Gasteiger partial charge in [-0.05, 0) is 63.5 Å². The van der Waals surface area contributed by atoms with Crippen molar-refractivity contribution < 1.29 is 19.1 Å². The van der Waals surface area contributed by atoms with Gasteiger partial charge in [0.15, 0.2) is 0 Å². The van der Waals surface area contributed by atoms with Gasteiger partial charge in [0.25, 0.3) is 0 Å². The highest BCUT2D eigenvalue weighted by atomic mass is 32.2. The Hall–Kier alpha value is -0.790. The molecule has 43 heavy (non-hydrogen) atoms. The molecule has 250 valence electrons. The number of carbonyl (C=O) groups excluding carboxylic acids is 2. The summed E-state index contributed by atoms with van der Waals surface area (Å²) in [7, 11) is 0. The van der Waals surface area contributed by atoms with Crippen molar-refractivity contribution in [3.05, 3.63) is 23.3 Å². The molecule has 0 N–H and O–H groups in total. The topological polar surface area (TPSA) is 52.6 Å². The lowest BCUT2D eigenvalue weighted by atomic mass is 9.87. The number of carbonyl (C=O) groups is 2. The first kappa shape index (κ1) is 42.2. The van der Waals surface area contributed by atoms with Gasteiger partial charge in [-0.1, -0.05) is 146 Å². The predicted molar refractivity (Wildman–Crippen MR) is 195 cm³/mol. The third-order valence-electron chi connectivity index (χ3n) is 7.51. The van der Waals surface area contributed by atoms with Crippen LogP contribution in [0.25, 0.3) is 0 Å². The second kappa shape index (κ2) is 28.7. The molecule has 0 radical (unpaired) electrons. The molecule has 0 aromatic carbocycles. The molecule has 0 saturated heterocycles. The SMILES string of the molecule is CCCCCCCCCCCCSC(=S)S[C@@H](C(=O)OCCCC)/C(C)=C/CC(CC(C)C)C(C)=CC(=O)OCCCC. The van der Waals surface area contributed by atoms with Gasteiger partial charge in [-0.25, -0.2) is 4.79 Å². The molecule has 0 aromatic rings. The second-order valence-corrected chi connectivity index (χ2v) is 15.6. The molecule has 0 amide bonds. The highest BCUT2D eigenvalue weighted by Crippen LogP contribution is 2.31. The number of ether oxygens (including phenoxy) is 2. The van der Waals surface area contributed by atoms with Crippen LogP contribution < -0.4 is 0 Å². The van der Waals surface area contributed by atoms with E-state index in [1.54, 1.807) is 17.8 Å². The van der Waals surface area contributed by atoms with Crippen LogP contribution in [0, 0.1) is 11.8 Å². The summed E-state index contributed by atoms with van der Waals surface area (Å²) >= 11 is 8.89. The van der Waals surface area contributed by atoms with Crippen LogP contribution in [0.3, 0.4) is 0 Å². The van der Waals surface area contributed by atoms with Crippen molar-refractivity contribution in [3.8, 4) is 0 Å². The zero-order valence-corrected chi connectivity index (χ0v) is 31.1. The summed E-state index contributed by atoms with van der Waals surface area (Å²) in [6, 6.07) is 0. The minimum atomic E-state index is -0.437. The van der Waals surface area contributed by atoms with Crippen LogP contribution >= 0.6 is 35.7 Å². The number of hydrogen-bond donors (Lipinski definition) is 0. The Bertz CT molecular complexity index is 806. The first-order chi connectivity index (χ1) is 20.7. The van der Waals surface area contributed by atoms with Gasteiger partial charge in [0.1, 0.15) is 8.78 Å². The molecule has 0 aromatic heterocycles. The van der Waals surface area contributed by atoms with Crippen molar-refractivity contribution in [1.29, 1.82) is 0 Å². The number of allylic oxidation sites excluding steroid dienone is 2. The van der Waals surface area contributed by atoms with Gasteiger partial charge in [-0.3, -0.25) is 4.79 Å². The lowest BCUT2D eigenvalue weighted by Crippen LogP contribution is -2.23. The normalized spacial score (nSPS) is 13.7. The Morgan fingerprint density at radius 1 is 0.744 bits per heavy atom. The number of rotatable bonds is 26. The van der Waals surface area contributed by atoms with Gasteiger partial charge < -0.3 is 9.47 Å². The monoisotopic (exact) mass is 656 g/mol. The summed E-state index contributed by atoms with van der Waals surface area (Å²) in [4.78, 5) is 25.5. The fraction of sp³-hybridized carbons (Fsp3) is 0.806. The summed E-state index contributed by atoms with van der Waals surface area (Å²) in [6.07, 6.45) is 22.4. The van der Waals surface area contributed by atoms with Crippen LogP contribution in [0.1, 0.15) is 151 Å². The van der Waals surface area contributed by atoms with Gasteiger partial charge >= 0.3 is 11.9 Å². The maximum Gasteiger partial charge on any atom is 0.330 e. The summed E-state index contributed by atoms with van der Waals surface area (Å²) in [5.74, 6) is 1.21. The smallest absolute Gasteiger partial charge is 0.330 e. The Kier molecular flexibility index (Phi) is 28.1. The van der Waals surface area contributed by atoms with E-state index in [2.05, 4.69) is 40.7 Å². The molecule has 7 heteroatoms. The molecule has 0 aliphatic rings. The Morgan fingerprint density at radius 3 is 1.84 bits per heavy atom. The molecule has 0 rings (SSSR count). The number of esters is 2. The highest BCUT2D eigenvalue weighted by Gasteiger charge is 2.25. The fourth-order valence-electron chi connectivity index (χ4n) is 4.73. The van der Waals surface area contributed by atoms with E-state index in [9.17, 15) is 9.59 Å². The quantitative estimate of drug-likeness (QED) is 0.0302. The van der Waals surface area contributed by atoms with E-state index in [1.807, 2.05) is 13.8 Å². The average molecular weight is 657 g/mol. The number of unbranched alkanes of at least 4 members (excludes halogenated alkanes) is 11. The molecule has 0 heterocycles. The van der Waals surface area contributed by atoms with Gasteiger partial charge in [0.2, 0.25) is 0 Å². The van der Waals surface area contributed by atoms with E-state index < -0.39 is 5.25 Å². The molecular formula is C36H64O4S3. The third-order valence-corrected chi connectivity index (χ3v) is 10.5. The van der Waals surface area contributed by atoms with Crippen LogP contribution in [-0.2, 0) is 19.1 Å². The minimum absolute atomic E-state index is 0.202. The lowest BCUT2D eigenvalue weighted by Gasteiger charge is -2.21. The van der Waals surface area contributed by atoms with Crippen LogP contribution in [0.5, 0.6) is 0 Å². The Labute approximate surface area is 279 Å². The molecule has 0 saturated carbocycles. The lowest BCUT2D eigenvalue weighted by molar-refractivity contribution is -0.142. The second-order valence-electron chi connectivity index (χ2n) is 12.2. The molecule has 0 aliphatic heterocycles. The first-order valence-electron chi connectivity index (χ1n) is 17.2. The van der Waals surface area contributed by atoms with Gasteiger partial charge in [-0.15, -0.1) is 11.8 Å². The third kappa shape index (κ3) is 24.2. The average Bonchev–Trinajstić information content (AvgIpc) is 2.96. The maximum atomic E-state index is 13.2. The zero-order valence-electron chi connectivity index (χ0n) is 28.7. The van der Waals surface area contributed by atoms with Crippen molar-refractivity contribution in [2.24, 2.45) is 11.8 Å². The van der Waals surface area contributed by atoms with Gasteiger partial charge in [0.05, 0.1) is 13.2 Å². The van der Waals surface area contributed by atoms with Crippen LogP contribution in [-0.4, -0.2) is 39.7 Å². The summed E-state index contributed by atoms with van der Waals surface area (Å²) in [5, 5.41) is -0.437. The van der Waals surface area contributed by atoms with Crippen molar-refractivity contribution in [2.45, 2.75) is 156 Å². The van der Waals surface area contributed by atoms with E-state index in [1.165, 1.54) is 69.5 Å². The van der Waals surface area contributed by atoms with Crippen LogP contribution in [0.15, 0.2) is 23.3 Å². The fourth-order valence-corrected chi connectivity index (χ4v) is 7.23. The molecule has 2 atom stereocenters. The first-order valence-corrected chi connectivity index (χ1v) is 19.4. The van der Waals surface area contributed by atoms with Gasteiger partial charge in [-0.2, -0.15) is 0 Å². The van der Waals surface area contributed by atoms with E-state index in [-0.39, 0.29) is 17.9 Å². The number of thiocarbonyl (C=S) groups is 1. The number of hydrogen-bond acceptors (Lipinski definition) is 7. The summed E-state index contributed by atoms with van der Waals surface area (Å²) in [6.45, 7) is 15.8. The Balaban J connectivity index is 5.10. The maximum absolute atomic E-state index is 13.2. The van der Waals surface area contributed by atoms with E-state index in [0.29, 0.717) is 19.1 Å². The Morgan fingerprint density at radius 2 is 1.28 bits per heavy atom. The standard InChI is InChI=1S/C36H64O4S3/c1-8-11-14-15-16-17-18-19-20-21-26-42-36(41)43-34(35(38)40-25-13-10-3)30(6)22-23-32(27-29(4)5)31(7)28-33(37)39-24-12-9-2/h22,28-29,32,34H,8-21,23-27H2,1-7H3/b30-22+,31-28?/t32?,34-/m1/s1. The molecule has 0 bridgehead atoms. The number of thioether (sulfide) groups is 2.